The summed E-state index contributed by atoms with van der Waals surface area (Å²) >= 11 is 7.34. The van der Waals surface area contributed by atoms with Crippen LogP contribution in [-0.2, 0) is 0 Å². The largest absolute Gasteiger partial charge is 0.255 e. The predicted octanol–water partition coefficient (Wildman–Crippen LogP) is 5.83. The molecule has 0 saturated heterocycles. The van der Waals surface area contributed by atoms with Crippen LogP contribution >= 0.6 is 17.8 Å². The van der Waals surface area contributed by atoms with Crippen molar-refractivity contribution < 1.29 is 0 Å². The van der Waals surface area contributed by atoms with E-state index in [2.05, 4.69) is 77.5 Å². The van der Waals surface area contributed by atoms with E-state index in [0.29, 0.717) is 24.2 Å². The summed E-state index contributed by atoms with van der Waals surface area (Å²) in [6.07, 6.45) is 2.24. The van der Waals surface area contributed by atoms with Gasteiger partial charge in [0.2, 0.25) is 0 Å². The highest BCUT2D eigenvalue weighted by Gasteiger charge is 2.36. The van der Waals surface area contributed by atoms with E-state index in [1.807, 2.05) is 0 Å². The van der Waals surface area contributed by atoms with Gasteiger partial charge in [-0.2, -0.15) is 0 Å². The summed E-state index contributed by atoms with van der Waals surface area (Å²) in [6, 6.07) is 1.81. The molecule has 0 radical (unpaired) electrons. The van der Waals surface area contributed by atoms with Crippen LogP contribution in [0.15, 0.2) is 0 Å². The average Bonchev–Trinajstić information content (AvgIpc) is 2.23. The molecule has 0 aromatic carbocycles. The van der Waals surface area contributed by atoms with E-state index in [4.69, 9.17) is 11.2 Å². The van der Waals surface area contributed by atoms with Gasteiger partial charge in [-0.05, 0) is 67.6 Å². The Balaban J connectivity index is 5.94. The quantitative estimate of drug-likeness (QED) is 0.519. The van der Waals surface area contributed by atoms with E-state index >= 15 is 0 Å². The van der Waals surface area contributed by atoms with Crippen LogP contribution in [0.5, 0.6) is 0 Å². The summed E-state index contributed by atoms with van der Waals surface area (Å²) < 4.78 is 5.06. The van der Waals surface area contributed by atoms with Crippen LogP contribution in [0.4, 0.5) is 0 Å². The van der Waals surface area contributed by atoms with Gasteiger partial charge in [0.15, 0.2) is 0 Å². The maximum absolute atomic E-state index is 7.34. The first-order chi connectivity index (χ1) is 9.09. The van der Waals surface area contributed by atoms with Crippen LogP contribution in [-0.4, -0.2) is 39.3 Å². The second kappa shape index (κ2) is 8.83. The fourth-order valence-electron chi connectivity index (χ4n) is 3.09. The molecule has 0 N–H and O–H groups in total. The molecule has 0 rings (SSSR count). The van der Waals surface area contributed by atoms with Crippen molar-refractivity contribution >= 4 is 23.6 Å². The molecule has 0 heterocycles. The summed E-state index contributed by atoms with van der Waals surface area (Å²) in [4.78, 5) is 0. The van der Waals surface area contributed by atoms with Gasteiger partial charge < -0.3 is 0 Å². The highest BCUT2D eigenvalue weighted by atomic mass is 35.7. The first-order valence-electron chi connectivity index (χ1n) is 8.09. The number of halogens is 1. The second-order valence-electron chi connectivity index (χ2n) is 6.68. The van der Waals surface area contributed by atoms with E-state index in [-0.39, 0.29) is 0 Å². The predicted molar refractivity (Wildman–Crippen MR) is 98.0 cm³/mol. The molecule has 4 heteroatoms. The van der Waals surface area contributed by atoms with E-state index in [0.717, 1.165) is 12.8 Å². The van der Waals surface area contributed by atoms with Gasteiger partial charge in [0, 0.05) is 24.2 Å². The zero-order chi connectivity index (χ0) is 16.1. The number of hydrogen-bond donors (Lipinski definition) is 0. The van der Waals surface area contributed by atoms with Crippen molar-refractivity contribution in [3.63, 3.8) is 0 Å². The van der Waals surface area contributed by atoms with Gasteiger partial charge in [-0.1, -0.05) is 24.6 Å². The Kier molecular flexibility index (Phi) is 9.06. The summed E-state index contributed by atoms with van der Waals surface area (Å²) in [5.41, 5.74) is 0. The Hall–Kier alpha value is 0.510. The van der Waals surface area contributed by atoms with E-state index in [9.17, 15) is 0 Å². The van der Waals surface area contributed by atoms with Crippen molar-refractivity contribution in [2.24, 2.45) is 0 Å². The number of rotatable bonds is 8. The minimum Gasteiger partial charge on any atom is -0.255 e. The van der Waals surface area contributed by atoms with E-state index in [1.54, 1.807) is 0 Å². The van der Waals surface area contributed by atoms with Gasteiger partial charge >= 0.3 is 0 Å². The third-order valence-corrected chi connectivity index (χ3v) is 8.74. The lowest BCUT2D eigenvalue weighted by atomic mass is 10.3. The molecule has 122 valence electrons. The van der Waals surface area contributed by atoms with Crippen molar-refractivity contribution in [1.29, 1.82) is 0 Å². The molecule has 0 aromatic rings. The maximum atomic E-state index is 7.34. The molecule has 0 aliphatic heterocycles. The Labute approximate surface area is 132 Å². The zero-order valence-corrected chi connectivity index (χ0v) is 16.7. The van der Waals surface area contributed by atoms with Gasteiger partial charge in [0.1, 0.15) is 0 Å². The van der Waals surface area contributed by atoms with E-state index < -0.39 is 6.54 Å². The van der Waals surface area contributed by atoms with Gasteiger partial charge in [-0.3, -0.25) is 9.34 Å². The molecule has 0 spiro atoms. The van der Waals surface area contributed by atoms with Crippen LogP contribution in [0, 0.1) is 0 Å². The number of hydrogen-bond acceptors (Lipinski definition) is 2. The van der Waals surface area contributed by atoms with Gasteiger partial charge in [0.05, 0.1) is 6.54 Å². The summed E-state index contributed by atoms with van der Waals surface area (Å²) in [5, 5.41) is 0. The normalized spacial score (nSPS) is 13.6. The van der Waals surface area contributed by atoms with Crippen molar-refractivity contribution in [2.45, 2.75) is 99.3 Å². The summed E-state index contributed by atoms with van der Waals surface area (Å²) in [6.45, 7) is 18.4. The zero-order valence-electron chi connectivity index (χ0n) is 15.0. The SMILES string of the molecule is CCCC=P(Cl)(N(C(C)C)C(C)C)N(C(C)C)C(C)C. The lowest BCUT2D eigenvalue weighted by Crippen LogP contribution is -2.44. The van der Waals surface area contributed by atoms with Crippen molar-refractivity contribution in [3.8, 4) is 0 Å². The maximum Gasteiger partial charge on any atom is 0.0994 e. The monoisotopic (exact) mass is 322 g/mol. The number of nitrogens with zero attached hydrogens (tertiary/aromatic N) is 2. The third kappa shape index (κ3) is 5.05. The molecule has 2 nitrogen and oxygen atoms in total. The Morgan fingerprint density at radius 3 is 1.30 bits per heavy atom. The summed E-state index contributed by atoms with van der Waals surface area (Å²) in [7, 11) is 0. The molecule has 0 bridgehead atoms. The first kappa shape index (κ1) is 20.5. The fraction of sp³-hybridized carbons (Fsp3) is 0.938. The Bertz CT molecular complexity index is 284. The van der Waals surface area contributed by atoms with Crippen LogP contribution < -0.4 is 0 Å². The fourth-order valence-corrected chi connectivity index (χ4v) is 9.27. The van der Waals surface area contributed by atoms with Crippen molar-refractivity contribution in [3.05, 3.63) is 0 Å². The molecule has 0 aliphatic carbocycles. The number of unbranched alkanes of at least 4 members (excludes halogenated alkanes) is 1. The minimum atomic E-state index is -1.92. The molecular formula is C16H36ClN2P. The molecule has 0 atom stereocenters. The van der Waals surface area contributed by atoms with Gasteiger partial charge in [0.25, 0.3) is 0 Å². The molecule has 0 unspecified atom stereocenters. The van der Waals surface area contributed by atoms with Gasteiger partial charge in [-0.25, -0.2) is 0 Å². The molecule has 0 fully saturated rings. The highest BCUT2D eigenvalue weighted by Crippen LogP contribution is 2.63. The molecule has 0 aliphatic rings. The lowest BCUT2D eigenvalue weighted by Gasteiger charge is -2.49. The van der Waals surface area contributed by atoms with Crippen LogP contribution in [0.2, 0.25) is 0 Å². The Morgan fingerprint density at radius 2 is 1.10 bits per heavy atom. The van der Waals surface area contributed by atoms with Crippen molar-refractivity contribution in [2.75, 3.05) is 0 Å². The topological polar surface area (TPSA) is 6.48 Å². The minimum absolute atomic E-state index is 0.453. The average molecular weight is 323 g/mol. The molecule has 20 heavy (non-hydrogen) atoms. The first-order valence-corrected chi connectivity index (χ1v) is 10.8. The second-order valence-corrected chi connectivity index (χ2v) is 10.6. The van der Waals surface area contributed by atoms with Crippen LogP contribution in [0.25, 0.3) is 0 Å². The van der Waals surface area contributed by atoms with Crippen LogP contribution in [0.3, 0.4) is 0 Å². The smallest absolute Gasteiger partial charge is 0.0994 e. The lowest BCUT2D eigenvalue weighted by molar-refractivity contribution is 0.261. The molecule has 0 saturated carbocycles. The molecule has 0 amide bonds. The highest BCUT2D eigenvalue weighted by molar-refractivity contribution is 7.94. The standard InChI is InChI=1S/C16H36ClN2P/c1-10-11-12-20(17,18(13(2)3)14(4)5)19(15(6)7)16(8)9/h12-16H,10-11H2,1-9H3. The third-order valence-electron chi connectivity index (χ3n) is 3.41. The van der Waals surface area contributed by atoms with Gasteiger partial charge in [-0.15, -0.1) is 0 Å². The Morgan fingerprint density at radius 1 is 0.800 bits per heavy atom. The molecular weight excluding hydrogens is 287 g/mol. The van der Waals surface area contributed by atoms with Crippen molar-refractivity contribution in [1.82, 2.24) is 9.34 Å². The summed E-state index contributed by atoms with van der Waals surface area (Å²) in [5.74, 6) is 2.41. The van der Waals surface area contributed by atoms with E-state index in [1.165, 1.54) is 0 Å². The molecule has 0 aromatic heterocycles. The van der Waals surface area contributed by atoms with Crippen LogP contribution in [0.1, 0.15) is 75.2 Å².